The Morgan fingerprint density at radius 3 is 2.39 bits per heavy atom. The van der Waals surface area contributed by atoms with Gasteiger partial charge in [-0.1, -0.05) is 36.4 Å². The van der Waals surface area contributed by atoms with E-state index in [-0.39, 0.29) is 11.9 Å². The van der Waals surface area contributed by atoms with Gasteiger partial charge in [0, 0.05) is 0 Å². The molecule has 2 heteroatoms. The molecule has 1 aliphatic carbocycles. The Morgan fingerprint density at radius 2 is 1.67 bits per heavy atom. The first-order valence-electron chi connectivity index (χ1n) is 6.25. The van der Waals surface area contributed by atoms with Crippen LogP contribution in [0.4, 0.5) is 4.39 Å². The monoisotopic (exact) mass is 242 g/mol. The molecular formula is C16H15FO. The smallest absolute Gasteiger partial charge is 0.123 e. The lowest BCUT2D eigenvalue weighted by molar-refractivity contribution is 0.173. The molecule has 0 aliphatic heterocycles. The minimum Gasteiger partial charge on any atom is -0.388 e. The van der Waals surface area contributed by atoms with Crippen molar-refractivity contribution in [3.63, 3.8) is 0 Å². The zero-order chi connectivity index (χ0) is 12.5. The van der Waals surface area contributed by atoms with Gasteiger partial charge in [0.2, 0.25) is 0 Å². The predicted molar refractivity (Wildman–Crippen MR) is 68.9 cm³/mol. The highest BCUT2D eigenvalue weighted by molar-refractivity contribution is 5.38. The number of benzene rings is 2. The average molecular weight is 242 g/mol. The molecule has 0 heterocycles. The van der Waals surface area contributed by atoms with Crippen molar-refractivity contribution >= 4 is 0 Å². The van der Waals surface area contributed by atoms with Crippen LogP contribution in [0, 0.1) is 5.82 Å². The van der Waals surface area contributed by atoms with E-state index in [1.807, 2.05) is 30.3 Å². The van der Waals surface area contributed by atoms with Gasteiger partial charge in [-0.25, -0.2) is 4.39 Å². The van der Waals surface area contributed by atoms with Crippen molar-refractivity contribution in [2.75, 3.05) is 0 Å². The molecule has 0 bridgehead atoms. The van der Waals surface area contributed by atoms with Crippen LogP contribution in [0.25, 0.3) is 0 Å². The zero-order valence-electron chi connectivity index (χ0n) is 10.0. The highest BCUT2D eigenvalue weighted by Crippen LogP contribution is 2.41. The number of fused-ring (bicyclic) bond motifs is 1. The van der Waals surface area contributed by atoms with E-state index in [1.54, 1.807) is 0 Å². The summed E-state index contributed by atoms with van der Waals surface area (Å²) >= 11 is 0. The summed E-state index contributed by atoms with van der Waals surface area (Å²) in [5, 5.41) is 10.0. The van der Waals surface area contributed by atoms with Crippen molar-refractivity contribution in [3.05, 3.63) is 71.0 Å². The van der Waals surface area contributed by atoms with Gasteiger partial charge in [-0.05, 0) is 47.6 Å². The van der Waals surface area contributed by atoms with Gasteiger partial charge in [0.25, 0.3) is 0 Å². The molecule has 0 fully saturated rings. The van der Waals surface area contributed by atoms with Crippen LogP contribution in [0.15, 0.2) is 48.5 Å². The van der Waals surface area contributed by atoms with E-state index in [0.29, 0.717) is 5.92 Å². The van der Waals surface area contributed by atoms with E-state index in [0.717, 1.165) is 24.0 Å². The first kappa shape index (κ1) is 11.4. The number of aliphatic hydroxyl groups is 1. The number of rotatable bonds is 2. The summed E-state index contributed by atoms with van der Waals surface area (Å²) in [5.41, 5.74) is 3.39. The summed E-state index contributed by atoms with van der Waals surface area (Å²) in [7, 11) is 0. The summed E-state index contributed by atoms with van der Waals surface area (Å²) in [6.45, 7) is 0. The normalized spacial score (nSPS) is 21.9. The van der Waals surface area contributed by atoms with E-state index in [4.69, 9.17) is 0 Å². The van der Waals surface area contributed by atoms with Crippen molar-refractivity contribution in [1.29, 1.82) is 0 Å². The first-order valence-corrected chi connectivity index (χ1v) is 6.25. The van der Waals surface area contributed by atoms with Crippen LogP contribution in [0.3, 0.4) is 0 Å². The Morgan fingerprint density at radius 1 is 1.00 bits per heavy atom. The van der Waals surface area contributed by atoms with Crippen LogP contribution in [0.1, 0.15) is 35.1 Å². The number of aliphatic hydroxyl groups excluding tert-OH is 1. The maximum absolute atomic E-state index is 12.9. The van der Waals surface area contributed by atoms with Crippen molar-refractivity contribution < 1.29 is 9.50 Å². The van der Waals surface area contributed by atoms with Crippen molar-refractivity contribution in [3.8, 4) is 0 Å². The molecule has 2 atom stereocenters. The molecule has 92 valence electrons. The fourth-order valence-corrected chi connectivity index (χ4v) is 2.81. The van der Waals surface area contributed by atoms with E-state index in [9.17, 15) is 9.50 Å². The van der Waals surface area contributed by atoms with Gasteiger partial charge in [-0.15, -0.1) is 0 Å². The fraction of sp³-hybridized carbons (Fsp3) is 0.250. The third-order valence-corrected chi connectivity index (χ3v) is 3.70. The molecule has 3 rings (SSSR count). The summed E-state index contributed by atoms with van der Waals surface area (Å²) < 4.78 is 12.9. The van der Waals surface area contributed by atoms with Crippen LogP contribution in [-0.2, 0) is 6.42 Å². The number of hydrogen-bond donors (Lipinski definition) is 1. The molecule has 1 N–H and O–H groups in total. The Balaban J connectivity index is 1.85. The summed E-state index contributed by atoms with van der Waals surface area (Å²) in [6.07, 6.45) is 1.26. The van der Waals surface area contributed by atoms with Gasteiger partial charge in [-0.2, -0.15) is 0 Å². The van der Waals surface area contributed by atoms with Crippen molar-refractivity contribution in [2.24, 2.45) is 0 Å². The standard InChI is InChI=1S/C16H15FO/c17-13-7-5-11(6-8-13)9-12-10-16(18)15-4-2-1-3-14(12)15/h1-8,12,16,18H,9-10H2. The van der Waals surface area contributed by atoms with Gasteiger partial charge in [0.15, 0.2) is 0 Å². The summed E-state index contributed by atoms with van der Waals surface area (Å²) in [6, 6.07) is 14.7. The largest absolute Gasteiger partial charge is 0.388 e. The molecule has 0 radical (unpaired) electrons. The lowest BCUT2D eigenvalue weighted by atomic mass is 9.94. The molecular weight excluding hydrogens is 227 g/mol. The second-order valence-corrected chi connectivity index (χ2v) is 4.91. The van der Waals surface area contributed by atoms with Crippen LogP contribution in [0.2, 0.25) is 0 Å². The molecule has 0 saturated heterocycles. The van der Waals surface area contributed by atoms with Crippen LogP contribution in [-0.4, -0.2) is 5.11 Å². The minimum absolute atomic E-state index is 0.203. The quantitative estimate of drug-likeness (QED) is 0.853. The Kier molecular flexibility index (Phi) is 2.88. The molecule has 1 nitrogen and oxygen atoms in total. The zero-order valence-corrected chi connectivity index (χ0v) is 10.0. The number of halogens is 1. The predicted octanol–water partition coefficient (Wildman–Crippen LogP) is 3.59. The maximum atomic E-state index is 12.9. The molecule has 2 unspecified atom stereocenters. The first-order chi connectivity index (χ1) is 8.74. The second-order valence-electron chi connectivity index (χ2n) is 4.91. The maximum Gasteiger partial charge on any atom is 0.123 e. The van der Waals surface area contributed by atoms with Gasteiger partial charge in [-0.3, -0.25) is 0 Å². The van der Waals surface area contributed by atoms with Crippen LogP contribution < -0.4 is 0 Å². The number of hydrogen-bond acceptors (Lipinski definition) is 1. The highest BCUT2D eigenvalue weighted by atomic mass is 19.1. The fourth-order valence-electron chi connectivity index (χ4n) is 2.81. The molecule has 1 aliphatic rings. The SMILES string of the molecule is OC1CC(Cc2ccc(F)cc2)c2ccccc21. The lowest BCUT2D eigenvalue weighted by Crippen LogP contribution is -1.99. The molecule has 0 aromatic heterocycles. The van der Waals surface area contributed by atoms with Crippen LogP contribution in [0.5, 0.6) is 0 Å². The Hall–Kier alpha value is -1.67. The van der Waals surface area contributed by atoms with Gasteiger partial charge >= 0.3 is 0 Å². The highest BCUT2D eigenvalue weighted by Gasteiger charge is 2.28. The summed E-state index contributed by atoms with van der Waals surface area (Å²) in [5.74, 6) is 0.132. The second kappa shape index (κ2) is 4.54. The van der Waals surface area contributed by atoms with Crippen molar-refractivity contribution in [1.82, 2.24) is 0 Å². The van der Waals surface area contributed by atoms with E-state index >= 15 is 0 Å². The summed E-state index contributed by atoms with van der Waals surface area (Å²) in [4.78, 5) is 0. The van der Waals surface area contributed by atoms with Crippen molar-refractivity contribution in [2.45, 2.75) is 24.9 Å². The lowest BCUT2D eigenvalue weighted by Gasteiger charge is -2.11. The van der Waals surface area contributed by atoms with E-state index < -0.39 is 0 Å². The molecule has 2 aromatic rings. The Bertz CT molecular complexity index is 547. The van der Waals surface area contributed by atoms with Gasteiger partial charge in [0.1, 0.15) is 5.82 Å². The van der Waals surface area contributed by atoms with E-state index in [1.165, 1.54) is 17.7 Å². The topological polar surface area (TPSA) is 20.2 Å². The average Bonchev–Trinajstić information content (AvgIpc) is 2.70. The minimum atomic E-state index is -0.355. The molecule has 0 saturated carbocycles. The van der Waals surface area contributed by atoms with Gasteiger partial charge < -0.3 is 5.11 Å². The third kappa shape index (κ3) is 2.04. The van der Waals surface area contributed by atoms with E-state index in [2.05, 4.69) is 6.07 Å². The Labute approximate surface area is 106 Å². The van der Waals surface area contributed by atoms with Gasteiger partial charge in [0.05, 0.1) is 6.10 Å². The molecule has 2 aromatic carbocycles. The third-order valence-electron chi connectivity index (χ3n) is 3.70. The molecule has 0 spiro atoms. The molecule has 18 heavy (non-hydrogen) atoms. The molecule has 0 amide bonds. The van der Waals surface area contributed by atoms with Crippen LogP contribution >= 0.6 is 0 Å².